The summed E-state index contributed by atoms with van der Waals surface area (Å²) in [5, 5.41) is 12.2. The van der Waals surface area contributed by atoms with Gasteiger partial charge < -0.3 is 19.6 Å². The van der Waals surface area contributed by atoms with Gasteiger partial charge in [0.1, 0.15) is 23.4 Å². The van der Waals surface area contributed by atoms with Gasteiger partial charge in [0.05, 0.1) is 12.2 Å². The lowest BCUT2D eigenvalue weighted by Gasteiger charge is -2.36. The van der Waals surface area contributed by atoms with Crippen LogP contribution in [0.2, 0.25) is 0 Å². The van der Waals surface area contributed by atoms with Crippen LogP contribution in [0, 0.1) is 5.82 Å². The fraction of sp³-hybridized carbons (Fsp3) is 0.341. The number of phenols is 1. The average molecular weight is 731 g/mol. The van der Waals surface area contributed by atoms with Gasteiger partial charge in [0, 0.05) is 44.8 Å². The summed E-state index contributed by atoms with van der Waals surface area (Å²) in [5.74, 6) is -0.812. The Morgan fingerprint density at radius 2 is 1.56 bits per heavy atom. The van der Waals surface area contributed by atoms with Crippen LogP contribution in [0.5, 0.6) is 11.5 Å². The Kier molecular flexibility index (Phi) is 11.4. The number of halogens is 1. The van der Waals surface area contributed by atoms with Gasteiger partial charge in [-0.05, 0) is 108 Å². The summed E-state index contributed by atoms with van der Waals surface area (Å²) in [6, 6.07) is 28.7. The number of amides is 3. The number of hydrogen-bond acceptors (Lipinski definition) is 7. The molecule has 2 saturated heterocycles. The summed E-state index contributed by atoms with van der Waals surface area (Å²) < 4.78 is 21.4. The van der Waals surface area contributed by atoms with Gasteiger partial charge in [-0.15, -0.1) is 0 Å². The van der Waals surface area contributed by atoms with Crippen LogP contribution in [0.3, 0.4) is 0 Å². The third-order valence-electron chi connectivity index (χ3n) is 10.8. The molecule has 2 fully saturated rings. The van der Waals surface area contributed by atoms with E-state index in [2.05, 4.69) is 58.4 Å². The molecular weight excluding hydrogens is 684 g/mol. The predicted molar refractivity (Wildman–Crippen MR) is 208 cm³/mol. The summed E-state index contributed by atoms with van der Waals surface area (Å²) in [6.45, 7) is 7.23. The highest BCUT2D eigenvalue weighted by Crippen LogP contribution is 2.36. The second kappa shape index (κ2) is 16.7. The van der Waals surface area contributed by atoms with E-state index in [0.717, 1.165) is 86.5 Å². The number of ether oxygens (including phenoxy) is 1. The number of hydrogen-bond donors (Lipinski definition) is 2. The highest BCUT2D eigenvalue weighted by molar-refractivity contribution is 6.05. The van der Waals surface area contributed by atoms with Crippen molar-refractivity contribution < 1.29 is 28.6 Å². The van der Waals surface area contributed by atoms with Crippen LogP contribution in [-0.2, 0) is 16.1 Å². The van der Waals surface area contributed by atoms with Crippen molar-refractivity contribution in [1.29, 1.82) is 0 Å². The van der Waals surface area contributed by atoms with E-state index in [1.807, 2.05) is 36.4 Å². The molecular formula is C44H47FN4O5. The molecule has 0 saturated carbocycles. The predicted octanol–water partition coefficient (Wildman–Crippen LogP) is 7.03. The Bertz CT molecular complexity index is 2010. The molecule has 4 aromatic carbocycles. The van der Waals surface area contributed by atoms with Gasteiger partial charge in [0.25, 0.3) is 5.91 Å². The number of unbranched alkanes of at least 4 members (excludes halogenated alkanes) is 2. The molecule has 3 aliphatic rings. The first-order valence-corrected chi connectivity index (χ1v) is 19.0. The maximum atomic E-state index is 15.3. The highest BCUT2D eigenvalue weighted by atomic mass is 19.1. The van der Waals surface area contributed by atoms with E-state index in [4.69, 9.17) is 4.74 Å². The van der Waals surface area contributed by atoms with E-state index in [0.29, 0.717) is 12.2 Å². The number of allylic oxidation sites excluding steroid dienone is 1. The van der Waals surface area contributed by atoms with Crippen LogP contribution in [-0.4, -0.2) is 78.0 Å². The SMILES string of the molecule is CCC(=C(c1ccc(O)cc1)c1ccc(OCCCCCN2CCN(c3cc(F)c4c(c3)CN(C3CCC(=O)NC3=O)C4=O)CC2)cc1)c1ccccc1. The lowest BCUT2D eigenvalue weighted by Crippen LogP contribution is -2.52. The zero-order valence-corrected chi connectivity index (χ0v) is 30.7. The van der Waals surface area contributed by atoms with Gasteiger partial charge >= 0.3 is 0 Å². The Hall–Kier alpha value is -5.48. The standard InChI is InChI=1S/C44H47FN4O5/c1-2-37(30-9-5-3-6-10-30)41(31-11-15-35(50)16-12-31)32-13-17-36(18-14-32)54-26-8-4-7-21-47-22-24-48(25-23-47)34-27-33-29-49(44(53)42(33)38(45)28-34)39-19-20-40(51)46-43(39)52/h3,5-6,9-18,27-28,39,50H,2,4,7-8,19-26,29H2,1H3,(H,46,51,52). The first kappa shape index (κ1) is 36.9. The van der Waals surface area contributed by atoms with Crippen molar-refractivity contribution in [2.75, 3.05) is 44.2 Å². The quantitative estimate of drug-likeness (QED) is 0.0866. The van der Waals surface area contributed by atoms with Crippen LogP contribution in [0.4, 0.5) is 10.1 Å². The topological polar surface area (TPSA) is 102 Å². The van der Waals surface area contributed by atoms with Crippen LogP contribution in [0.15, 0.2) is 91.0 Å². The Balaban J connectivity index is 0.864. The number of anilines is 1. The van der Waals surface area contributed by atoms with E-state index >= 15 is 4.39 Å². The number of nitrogens with one attached hydrogen (secondary N) is 1. The molecule has 3 heterocycles. The number of piperidine rings is 1. The van der Waals surface area contributed by atoms with Crippen LogP contribution < -0.4 is 15.0 Å². The molecule has 54 heavy (non-hydrogen) atoms. The van der Waals surface area contributed by atoms with Crippen molar-refractivity contribution in [3.05, 3.63) is 125 Å². The molecule has 3 aliphatic heterocycles. The average Bonchev–Trinajstić information content (AvgIpc) is 3.52. The van der Waals surface area contributed by atoms with Gasteiger partial charge in [-0.1, -0.05) is 61.5 Å². The molecule has 7 rings (SSSR count). The van der Waals surface area contributed by atoms with E-state index in [9.17, 15) is 19.5 Å². The molecule has 0 aromatic heterocycles. The number of carbonyl (C=O) groups is 3. The molecule has 1 atom stereocenters. The highest BCUT2D eigenvalue weighted by Gasteiger charge is 2.41. The minimum absolute atomic E-state index is 0.0318. The Morgan fingerprint density at radius 1 is 0.852 bits per heavy atom. The second-order valence-corrected chi connectivity index (χ2v) is 14.2. The second-order valence-electron chi connectivity index (χ2n) is 14.2. The van der Waals surface area contributed by atoms with E-state index in [-0.39, 0.29) is 36.6 Å². The summed E-state index contributed by atoms with van der Waals surface area (Å²) in [6.07, 6.45) is 4.35. The minimum Gasteiger partial charge on any atom is -0.508 e. The molecule has 0 spiro atoms. The number of rotatable bonds is 13. The summed E-state index contributed by atoms with van der Waals surface area (Å²) in [7, 11) is 0. The molecule has 1 unspecified atom stereocenters. The van der Waals surface area contributed by atoms with E-state index < -0.39 is 23.7 Å². The smallest absolute Gasteiger partial charge is 0.258 e. The number of fused-ring (bicyclic) bond motifs is 1. The molecule has 0 bridgehead atoms. The normalized spacial score (nSPS) is 18.0. The van der Waals surface area contributed by atoms with Crippen molar-refractivity contribution in [2.24, 2.45) is 0 Å². The van der Waals surface area contributed by atoms with Crippen LogP contribution >= 0.6 is 0 Å². The van der Waals surface area contributed by atoms with Crippen molar-refractivity contribution in [2.45, 2.75) is 58.0 Å². The molecule has 2 N–H and O–H groups in total. The van der Waals surface area contributed by atoms with Gasteiger partial charge in [-0.3, -0.25) is 24.6 Å². The number of piperazine rings is 1. The summed E-state index contributed by atoms with van der Waals surface area (Å²) in [4.78, 5) is 43.0. The third kappa shape index (κ3) is 8.19. The molecule has 4 aromatic rings. The molecule has 0 aliphatic carbocycles. The molecule has 9 nitrogen and oxygen atoms in total. The Morgan fingerprint density at radius 3 is 2.24 bits per heavy atom. The zero-order chi connectivity index (χ0) is 37.6. The number of carbonyl (C=O) groups excluding carboxylic acids is 3. The third-order valence-corrected chi connectivity index (χ3v) is 10.8. The van der Waals surface area contributed by atoms with Gasteiger partial charge in [0.2, 0.25) is 11.8 Å². The lowest BCUT2D eigenvalue weighted by molar-refractivity contribution is -0.136. The fourth-order valence-electron chi connectivity index (χ4n) is 7.88. The van der Waals surface area contributed by atoms with E-state index in [1.165, 1.54) is 22.1 Å². The lowest BCUT2D eigenvalue weighted by atomic mass is 9.88. The Labute approximate surface area is 316 Å². The van der Waals surface area contributed by atoms with E-state index in [1.54, 1.807) is 12.1 Å². The van der Waals surface area contributed by atoms with Crippen molar-refractivity contribution in [3.63, 3.8) is 0 Å². The maximum absolute atomic E-state index is 15.3. The molecule has 0 radical (unpaired) electrons. The first-order valence-electron chi connectivity index (χ1n) is 19.0. The van der Waals surface area contributed by atoms with Crippen molar-refractivity contribution in [3.8, 4) is 11.5 Å². The minimum atomic E-state index is -0.763. The number of nitrogens with zero attached hydrogens (tertiary/aromatic N) is 3. The summed E-state index contributed by atoms with van der Waals surface area (Å²) in [5.41, 5.74) is 7.09. The summed E-state index contributed by atoms with van der Waals surface area (Å²) >= 11 is 0. The molecule has 10 heteroatoms. The van der Waals surface area contributed by atoms with Crippen molar-refractivity contribution in [1.82, 2.24) is 15.1 Å². The van der Waals surface area contributed by atoms with Crippen LogP contribution in [0.25, 0.3) is 11.1 Å². The van der Waals surface area contributed by atoms with Crippen LogP contribution in [0.1, 0.15) is 78.1 Å². The van der Waals surface area contributed by atoms with Gasteiger partial charge in [-0.2, -0.15) is 0 Å². The number of aromatic hydroxyl groups is 1. The maximum Gasteiger partial charge on any atom is 0.258 e. The number of phenolic OH excluding ortho intramolecular Hbond substituents is 1. The molecule has 280 valence electrons. The number of benzene rings is 4. The number of imide groups is 1. The molecule has 3 amide bonds. The largest absolute Gasteiger partial charge is 0.508 e. The van der Waals surface area contributed by atoms with Gasteiger partial charge in [0.15, 0.2) is 0 Å². The van der Waals surface area contributed by atoms with Gasteiger partial charge in [-0.25, -0.2) is 4.39 Å². The van der Waals surface area contributed by atoms with Crippen molar-refractivity contribution >= 4 is 34.6 Å². The monoisotopic (exact) mass is 730 g/mol. The fourth-order valence-corrected chi connectivity index (χ4v) is 7.88. The first-order chi connectivity index (χ1) is 26.3. The zero-order valence-electron chi connectivity index (χ0n) is 30.7.